The van der Waals surface area contributed by atoms with Crippen LogP contribution in [0.15, 0.2) is 11.6 Å². The highest BCUT2D eigenvalue weighted by Crippen LogP contribution is 2.76. The molecule has 378 valence electrons. The number of allylic oxidation sites excluding steroid dienone is 2. The first-order valence-electron chi connectivity index (χ1n) is 24.3. The van der Waals surface area contributed by atoms with Crippen molar-refractivity contribution in [1.29, 1.82) is 0 Å². The summed E-state index contributed by atoms with van der Waals surface area (Å²) >= 11 is 0. The number of carbonyl (C=O) groups excluding carboxylic acids is 1. The minimum atomic E-state index is -1.78. The van der Waals surface area contributed by atoms with Crippen LogP contribution in [-0.4, -0.2) is 180 Å². The first kappa shape index (κ1) is 50.9. The average molecular weight is 943 g/mol. The van der Waals surface area contributed by atoms with Crippen LogP contribution in [0.3, 0.4) is 0 Å². The summed E-state index contributed by atoms with van der Waals surface area (Å²) in [7, 11) is 0. The van der Waals surface area contributed by atoms with E-state index in [0.29, 0.717) is 19.3 Å². The van der Waals surface area contributed by atoms with E-state index < -0.39 is 135 Å². The molecule has 7 fully saturated rings. The minimum Gasteiger partial charge on any atom is -0.432 e. The fourth-order valence-corrected chi connectivity index (χ4v) is 15.0. The van der Waals surface area contributed by atoms with Gasteiger partial charge in [-0.15, -0.1) is 0 Å². The molecule has 0 spiro atoms. The van der Waals surface area contributed by atoms with E-state index in [2.05, 4.69) is 54.5 Å². The lowest BCUT2D eigenvalue weighted by Gasteiger charge is -2.71. The Morgan fingerprint density at radius 3 is 1.76 bits per heavy atom. The van der Waals surface area contributed by atoms with Crippen LogP contribution in [0.1, 0.15) is 113 Å². The predicted octanol–water partition coefficient (Wildman–Crippen LogP) is 0.141. The predicted molar refractivity (Wildman–Crippen MR) is 230 cm³/mol. The van der Waals surface area contributed by atoms with Crippen molar-refractivity contribution >= 4 is 5.97 Å². The number of hydrogen-bond acceptors (Lipinski definition) is 18. The van der Waals surface area contributed by atoms with Crippen molar-refractivity contribution in [3.8, 4) is 0 Å². The lowest BCUT2D eigenvalue weighted by atomic mass is 9.33. The molecule has 0 unspecified atom stereocenters. The molecule has 0 amide bonds. The smallest absolute Gasteiger partial charge is 0.315 e. The monoisotopic (exact) mass is 943 g/mol. The molecule has 0 aromatic rings. The Balaban J connectivity index is 1.04. The topological polar surface area (TPSA) is 295 Å². The average Bonchev–Trinajstić information content (AvgIpc) is 3.27. The number of hydrogen-bond donors (Lipinski definition) is 11. The van der Waals surface area contributed by atoms with Crippen molar-refractivity contribution in [3.05, 3.63) is 11.6 Å². The molecule has 18 nitrogen and oxygen atoms in total. The molecule has 8 aliphatic rings. The Morgan fingerprint density at radius 2 is 1.15 bits per heavy atom. The van der Waals surface area contributed by atoms with Gasteiger partial charge in [-0.3, -0.25) is 4.79 Å². The summed E-state index contributed by atoms with van der Waals surface area (Å²) < 4.78 is 36.2. The van der Waals surface area contributed by atoms with E-state index in [1.165, 1.54) is 5.57 Å². The number of aliphatic hydroxyl groups excluding tert-OH is 11. The number of fused-ring (bicyclic) bond motifs is 7. The lowest BCUT2D eigenvalue weighted by molar-refractivity contribution is -0.378. The molecule has 0 aromatic heterocycles. The van der Waals surface area contributed by atoms with Gasteiger partial charge in [-0.2, -0.15) is 0 Å². The van der Waals surface area contributed by atoms with E-state index in [0.717, 1.165) is 44.9 Å². The summed E-state index contributed by atoms with van der Waals surface area (Å²) in [6, 6.07) is 0. The van der Waals surface area contributed by atoms with Crippen molar-refractivity contribution in [3.63, 3.8) is 0 Å². The molecule has 0 bridgehead atoms. The number of esters is 1. The third-order valence-electron chi connectivity index (χ3n) is 19.3. The first-order chi connectivity index (χ1) is 30.9. The molecule has 23 atom stereocenters. The normalized spacial score (nSPS) is 53.3. The van der Waals surface area contributed by atoms with Crippen LogP contribution in [0.5, 0.6) is 0 Å². The fraction of sp³-hybridized carbons (Fsp3) is 0.938. The number of ether oxygens (including phenoxy) is 6. The minimum absolute atomic E-state index is 0.0628. The van der Waals surface area contributed by atoms with Gasteiger partial charge in [0.15, 0.2) is 12.6 Å². The second-order valence-electron chi connectivity index (χ2n) is 23.5. The lowest BCUT2D eigenvalue weighted by Crippen LogP contribution is -2.67. The standard InChI is InChI=1S/C48H78O18/c1-43(2)14-16-48(42(60)66-40-37(59)34(56)31(53)25(20-50)62-40)17-15-46(6)22(23(48)18-43)8-9-28-45(5)12-11-29(44(3,4)27(45)10-13-47(28,46)7)64-41-38(35(57)32(54)26(21-51)63-41)65-39-36(58)33(55)30(52)24(19-49)61-39/h8,23-41,49-59H,9-21H2,1-7H3/t23-,24-,25-,26-,27+,28-,29+,30-,31-,32-,33+,34+,35+,36-,37-,38-,39+,40+,41+,45+,46-,47-,48-/m1/s1. The zero-order chi connectivity index (χ0) is 48.3. The summed E-state index contributed by atoms with van der Waals surface area (Å²) in [6.45, 7) is 14.1. The molecular formula is C48H78O18. The third kappa shape index (κ3) is 7.87. The van der Waals surface area contributed by atoms with E-state index in [4.69, 9.17) is 28.4 Å². The van der Waals surface area contributed by atoms with Crippen LogP contribution in [0.4, 0.5) is 0 Å². The first-order valence-corrected chi connectivity index (χ1v) is 24.3. The Kier molecular flexibility index (Phi) is 13.9. The van der Waals surface area contributed by atoms with Gasteiger partial charge in [-0.1, -0.05) is 60.1 Å². The molecule has 8 rings (SSSR count). The molecule has 18 heteroatoms. The van der Waals surface area contributed by atoms with E-state index >= 15 is 0 Å². The van der Waals surface area contributed by atoms with Crippen LogP contribution in [0.2, 0.25) is 0 Å². The van der Waals surface area contributed by atoms with Crippen molar-refractivity contribution in [2.45, 2.75) is 211 Å². The Bertz CT molecular complexity index is 1790. The molecule has 11 N–H and O–H groups in total. The second-order valence-corrected chi connectivity index (χ2v) is 23.5. The maximum absolute atomic E-state index is 14.7. The molecule has 3 aliphatic heterocycles. The van der Waals surface area contributed by atoms with E-state index in [-0.39, 0.29) is 39.4 Å². The maximum Gasteiger partial charge on any atom is 0.315 e. The molecule has 3 heterocycles. The molecule has 0 aromatic carbocycles. The van der Waals surface area contributed by atoms with Gasteiger partial charge in [0, 0.05) is 0 Å². The quantitative estimate of drug-likeness (QED) is 0.0833. The van der Waals surface area contributed by atoms with Gasteiger partial charge in [0.25, 0.3) is 0 Å². The van der Waals surface area contributed by atoms with Crippen LogP contribution in [0, 0.1) is 50.2 Å². The highest BCUT2D eigenvalue weighted by atomic mass is 16.8. The number of carbonyl (C=O) groups is 1. The highest BCUT2D eigenvalue weighted by Gasteiger charge is 2.70. The largest absolute Gasteiger partial charge is 0.432 e. The zero-order valence-corrected chi connectivity index (χ0v) is 39.5. The van der Waals surface area contributed by atoms with Gasteiger partial charge in [-0.05, 0) is 109 Å². The van der Waals surface area contributed by atoms with Crippen molar-refractivity contribution in [2.75, 3.05) is 19.8 Å². The summed E-state index contributed by atoms with van der Waals surface area (Å²) in [6.07, 6.45) is -13.8. The summed E-state index contributed by atoms with van der Waals surface area (Å²) in [5.74, 6) is -0.227. The summed E-state index contributed by atoms with van der Waals surface area (Å²) in [5.41, 5.74) is -0.746. The molecular weight excluding hydrogens is 865 g/mol. The molecule has 0 radical (unpaired) electrons. The van der Waals surface area contributed by atoms with Crippen LogP contribution < -0.4 is 0 Å². The highest BCUT2D eigenvalue weighted by molar-refractivity contribution is 5.79. The van der Waals surface area contributed by atoms with Gasteiger partial charge in [-0.25, -0.2) is 0 Å². The fourth-order valence-electron chi connectivity index (χ4n) is 15.0. The molecule has 5 aliphatic carbocycles. The van der Waals surface area contributed by atoms with Crippen molar-refractivity contribution in [1.82, 2.24) is 0 Å². The molecule has 4 saturated carbocycles. The Morgan fingerprint density at radius 1 is 0.606 bits per heavy atom. The second kappa shape index (κ2) is 18.0. The Labute approximate surface area is 387 Å². The molecule has 3 saturated heterocycles. The summed E-state index contributed by atoms with van der Waals surface area (Å²) in [5, 5.41) is 115. The summed E-state index contributed by atoms with van der Waals surface area (Å²) in [4.78, 5) is 14.7. The van der Waals surface area contributed by atoms with E-state index in [1.807, 2.05) is 0 Å². The van der Waals surface area contributed by atoms with E-state index in [9.17, 15) is 61.0 Å². The third-order valence-corrected chi connectivity index (χ3v) is 19.3. The van der Waals surface area contributed by atoms with E-state index in [1.54, 1.807) is 0 Å². The number of aliphatic hydroxyl groups is 11. The van der Waals surface area contributed by atoms with Gasteiger partial charge in [0.2, 0.25) is 6.29 Å². The van der Waals surface area contributed by atoms with Gasteiger partial charge in [0.05, 0.1) is 31.3 Å². The number of rotatable bonds is 9. The van der Waals surface area contributed by atoms with Crippen LogP contribution >= 0.6 is 0 Å². The van der Waals surface area contributed by atoms with Gasteiger partial charge >= 0.3 is 5.97 Å². The van der Waals surface area contributed by atoms with Crippen LogP contribution in [0.25, 0.3) is 0 Å². The SMILES string of the molecule is CC1(C)CC[C@@]2(C(=O)O[C@@H]3O[C@H](CO)[C@@H](O)[C@H](O)[C@H]3O)CC[C@]3(C)C(=CC[C@@H]4[C@@]5(C)CC[C@H](O[C@@H]6O[C@H](CO)[C@@H](O)[C@H](O)[C@H]6O[C@@H]6O[C@H](CO)[C@@H](O)[C@H](O)[C@H]6O)C(C)(C)[C@@H]5CC[C@]43C)[C@H]2C1. The zero-order valence-electron chi connectivity index (χ0n) is 39.5. The van der Waals surface area contributed by atoms with Gasteiger partial charge in [0.1, 0.15) is 73.2 Å². The Hall–Kier alpha value is -1.43. The molecule has 66 heavy (non-hydrogen) atoms. The maximum atomic E-state index is 14.7. The van der Waals surface area contributed by atoms with Gasteiger partial charge < -0.3 is 84.6 Å². The van der Waals surface area contributed by atoms with Crippen molar-refractivity contribution < 1.29 is 89.4 Å². The van der Waals surface area contributed by atoms with Crippen LogP contribution in [-0.2, 0) is 33.2 Å². The van der Waals surface area contributed by atoms with Crippen molar-refractivity contribution in [2.24, 2.45) is 50.2 Å².